The average Bonchev–Trinajstić information content (AvgIpc) is 2.80. The summed E-state index contributed by atoms with van der Waals surface area (Å²) in [5.41, 5.74) is 2.19. The van der Waals surface area contributed by atoms with Crippen molar-refractivity contribution in [3.63, 3.8) is 0 Å². The molecule has 31 heavy (non-hydrogen) atoms. The lowest BCUT2D eigenvalue weighted by atomic mass is 10.1. The van der Waals surface area contributed by atoms with Gasteiger partial charge in [-0.1, -0.05) is 35.9 Å². The summed E-state index contributed by atoms with van der Waals surface area (Å²) in [6.07, 6.45) is 4.70. The Bertz CT molecular complexity index is 1340. The number of rotatable bonds is 6. The van der Waals surface area contributed by atoms with Crippen molar-refractivity contribution in [1.82, 2.24) is 24.4 Å². The topological polar surface area (TPSA) is 98.9 Å². The number of fused-ring (bicyclic) bond motifs is 1. The minimum atomic E-state index is -0.570. The first-order valence-electron chi connectivity index (χ1n) is 9.82. The van der Waals surface area contributed by atoms with Crippen LogP contribution in [0.25, 0.3) is 11.0 Å². The number of nitrogens with zero attached hydrogens (tertiary/aromatic N) is 4. The van der Waals surface area contributed by atoms with Crippen molar-refractivity contribution in [2.24, 2.45) is 0 Å². The number of benzene rings is 1. The normalized spacial score (nSPS) is 10.9. The van der Waals surface area contributed by atoms with E-state index in [0.29, 0.717) is 17.6 Å². The lowest BCUT2D eigenvalue weighted by Crippen LogP contribution is -2.43. The van der Waals surface area contributed by atoms with E-state index in [9.17, 15) is 14.4 Å². The Labute approximate surface area is 177 Å². The standard InChI is InChI=1S/C23H21N5O3/c1-16-6-8-17(9-7-16)13-26-20(29)15-27-19-5-3-11-25-21(19)22(30)28(23(27)31)14-18-4-2-10-24-12-18/h2-12H,13-15H2,1H3,(H,26,29). The molecule has 0 saturated carbocycles. The van der Waals surface area contributed by atoms with Gasteiger partial charge < -0.3 is 5.32 Å². The Morgan fingerprint density at radius 1 is 0.968 bits per heavy atom. The molecule has 0 aliphatic heterocycles. The van der Waals surface area contributed by atoms with Gasteiger partial charge in [0, 0.05) is 25.1 Å². The van der Waals surface area contributed by atoms with Crippen molar-refractivity contribution in [2.45, 2.75) is 26.6 Å². The summed E-state index contributed by atoms with van der Waals surface area (Å²) >= 11 is 0. The molecule has 0 atom stereocenters. The van der Waals surface area contributed by atoms with Crippen LogP contribution in [-0.4, -0.2) is 25.0 Å². The SMILES string of the molecule is Cc1ccc(CNC(=O)Cn2c(=O)n(Cc3cccnc3)c(=O)c3ncccc32)cc1. The Morgan fingerprint density at radius 2 is 1.74 bits per heavy atom. The minimum Gasteiger partial charge on any atom is -0.350 e. The zero-order valence-electron chi connectivity index (χ0n) is 17.0. The van der Waals surface area contributed by atoms with Crippen molar-refractivity contribution in [2.75, 3.05) is 0 Å². The van der Waals surface area contributed by atoms with Gasteiger partial charge >= 0.3 is 5.69 Å². The summed E-state index contributed by atoms with van der Waals surface area (Å²) in [6, 6.07) is 14.6. The number of aryl methyl sites for hydroxylation is 1. The van der Waals surface area contributed by atoms with E-state index in [4.69, 9.17) is 0 Å². The van der Waals surface area contributed by atoms with Crippen LogP contribution in [0.4, 0.5) is 0 Å². The molecular formula is C23H21N5O3. The smallest absolute Gasteiger partial charge is 0.332 e. The molecule has 0 spiro atoms. The van der Waals surface area contributed by atoms with Crippen LogP contribution in [0, 0.1) is 6.92 Å². The largest absolute Gasteiger partial charge is 0.350 e. The van der Waals surface area contributed by atoms with Crippen LogP contribution in [0.5, 0.6) is 0 Å². The fourth-order valence-electron chi connectivity index (χ4n) is 3.32. The van der Waals surface area contributed by atoms with Crippen LogP contribution in [0.2, 0.25) is 0 Å². The van der Waals surface area contributed by atoms with E-state index in [0.717, 1.165) is 15.7 Å². The molecule has 0 fully saturated rings. The van der Waals surface area contributed by atoms with Gasteiger partial charge in [0.05, 0.1) is 12.1 Å². The molecule has 8 heteroatoms. The third-order valence-electron chi connectivity index (χ3n) is 4.96. The molecule has 3 aromatic heterocycles. The zero-order chi connectivity index (χ0) is 21.8. The predicted molar refractivity (Wildman–Crippen MR) is 117 cm³/mol. The molecule has 1 aromatic carbocycles. The molecule has 0 radical (unpaired) electrons. The molecule has 156 valence electrons. The van der Waals surface area contributed by atoms with E-state index in [-0.39, 0.29) is 24.5 Å². The molecule has 4 rings (SSSR count). The van der Waals surface area contributed by atoms with Gasteiger partial charge in [-0.25, -0.2) is 9.78 Å². The van der Waals surface area contributed by atoms with Crippen LogP contribution in [0.1, 0.15) is 16.7 Å². The molecule has 3 heterocycles. The van der Waals surface area contributed by atoms with Crippen molar-refractivity contribution in [3.8, 4) is 0 Å². The summed E-state index contributed by atoms with van der Waals surface area (Å²) in [4.78, 5) is 46.8. The summed E-state index contributed by atoms with van der Waals surface area (Å²) in [7, 11) is 0. The molecule has 0 aliphatic carbocycles. The van der Waals surface area contributed by atoms with E-state index >= 15 is 0 Å². The Hall–Kier alpha value is -4.07. The molecule has 1 amide bonds. The fourth-order valence-corrected chi connectivity index (χ4v) is 3.32. The average molecular weight is 415 g/mol. The number of carbonyl (C=O) groups is 1. The predicted octanol–water partition coefficient (Wildman–Crippen LogP) is 1.63. The highest BCUT2D eigenvalue weighted by atomic mass is 16.2. The lowest BCUT2D eigenvalue weighted by molar-refractivity contribution is -0.121. The molecule has 0 aliphatic rings. The number of carbonyl (C=O) groups excluding carboxylic acids is 1. The fraction of sp³-hybridized carbons (Fsp3) is 0.174. The summed E-state index contributed by atoms with van der Waals surface area (Å²) < 4.78 is 2.37. The highest BCUT2D eigenvalue weighted by Crippen LogP contribution is 2.06. The number of nitrogens with one attached hydrogen (secondary N) is 1. The quantitative estimate of drug-likeness (QED) is 0.516. The van der Waals surface area contributed by atoms with Gasteiger partial charge in [-0.3, -0.25) is 23.7 Å². The zero-order valence-corrected chi connectivity index (χ0v) is 17.0. The monoisotopic (exact) mass is 415 g/mol. The maximum absolute atomic E-state index is 13.2. The number of hydrogen-bond donors (Lipinski definition) is 1. The number of aromatic nitrogens is 4. The van der Waals surface area contributed by atoms with Crippen molar-refractivity contribution < 1.29 is 4.79 Å². The highest BCUT2D eigenvalue weighted by Gasteiger charge is 2.16. The van der Waals surface area contributed by atoms with Gasteiger partial charge in [0.15, 0.2) is 5.52 Å². The van der Waals surface area contributed by atoms with Crippen molar-refractivity contribution in [1.29, 1.82) is 0 Å². The van der Waals surface area contributed by atoms with E-state index in [2.05, 4.69) is 15.3 Å². The van der Waals surface area contributed by atoms with Gasteiger partial charge in [-0.2, -0.15) is 0 Å². The first kappa shape index (κ1) is 20.2. The molecule has 4 aromatic rings. The lowest BCUT2D eigenvalue weighted by Gasteiger charge is -2.14. The van der Waals surface area contributed by atoms with E-state index in [1.165, 1.54) is 10.8 Å². The first-order valence-corrected chi connectivity index (χ1v) is 9.82. The van der Waals surface area contributed by atoms with Crippen LogP contribution < -0.4 is 16.6 Å². The van der Waals surface area contributed by atoms with Crippen LogP contribution in [0.15, 0.2) is 76.7 Å². The van der Waals surface area contributed by atoms with Crippen LogP contribution in [0.3, 0.4) is 0 Å². The molecular weight excluding hydrogens is 394 g/mol. The second kappa shape index (κ2) is 8.74. The minimum absolute atomic E-state index is 0.0446. The van der Waals surface area contributed by atoms with Crippen LogP contribution >= 0.6 is 0 Å². The third-order valence-corrected chi connectivity index (χ3v) is 4.96. The maximum Gasteiger partial charge on any atom is 0.332 e. The van der Waals surface area contributed by atoms with Gasteiger partial charge in [0.25, 0.3) is 5.56 Å². The molecule has 0 unspecified atom stereocenters. The maximum atomic E-state index is 13.2. The Balaban J connectivity index is 1.66. The van der Waals surface area contributed by atoms with E-state index in [1.807, 2.05) is 31.2 Å². The molecule has 8 nitrogen and oxygen atoms in total. The number of pyridine rings is 2. The Morgan fingerprint density at radius 3 is 2.48 bits per heavy atom. The third kappa shape index (κ3) is 4.42. The van der Waals surface area contributed by atoms with Crippen LogP contribution in [-0.2, 0) is 24.4 Å². The molecule has 0 saturated heterocycles. The van der Waals surface area contributed by atoms with Crippen molar-refractivity contribution >= 4 is 16.9 Å². The first-order chi connectivity index (χ1) is 15.0. The van der Waals surface area contributed by atoms with Gasteiger partial charge in [-0.05, 0) is 36.2 Å². The van der Waals surface area contributed by atoms with Gasteiger partial charge in [-0.15, -0.1) is 0 Å². The summed E-state index contributed by atoms with van der Waals surface area (Å²) in [5, 5.41) is 2.83. The Kier molecular flexibility index (Phi) is 5.70. The van der Waals surface area contributed by atoms with E-state index in [1.54, 1.807) is 36.7 Å². The molecule has 1 N–H and O–H groups in total. The van der Waals surface area contributed by atoms with Gasteiger partial charge in [0.2, 0.25) is 5.91 Å². The van der Waals surface area contributed by atoms with Gasteiger partial charge in [0.1, 0.15) is 6.54 Å². The number of hydrogen-bond acceptors (Lipinski definition) is 5. The second-order valence-electron chi connectivity index (χ2n) is 7.25. The molecule has 0 bridgehead atoms. The van der Waals surface area contributed by atoms with Crippen molar-refractivity contribution in [3.05, 3.63) is 105 Å². The summed E-state index contributed by atoms with van der Waals surface area (Å²) in [6.45, 7) is 2.16. The second-order valence-corrected chi connectivity index (χ2v) is 7.25. The van der Waals surface area contributed by atoms with E-state index < -0.39 is 11.2 Å². The summed E-state index contributed by atoms with van der Waals surface area (Å²) in [5.74, 6) is -0.334. The number of amides is 1. The highest BCUT2D eigenvalue weighted by molar-refractivity contribution is 5.79.